The summed E-state index contributed by atoms with van der Waals surface area (Å²) in [5, 5.41) is 6.58. The lowest BCUT2D eigenvalue weighted by Crippen LogP contribution is -2.09. The van der Waals surface area contributed by atoms with Crippen molar-refractivity contribution in [2.75, 3.05) is 17.2 Å². The van der Waals surface area contributed by atoms with Crippen LogP contribution in [0.5, 0.6) is 0 Å². The van der Waals surface area contributed by atoms with E-state index in [1.165, 1.54) is 18.5 Å². The summed E-state index contributed by atoms with van der Waals surface area (Å²) >= 11 is 2.11. The standard InChI is InChI=1S/C15H18FIN4/c1-3-7-18-14-11(4-2)15(20-9-19-14)21-13-6-5-10(16)8-12(13)17/h5-6,8-9H,3-4,7H2,1-2H3,(H2,18,19,20,21). The molecular weight excluding hydrogens is 382 g/mol. The number of rotatable bonds is 6. The molecule has 6 heteroatoms. The highest BCUT2D eigenvalue weighted by Gasteiger charge is 2.11. The van der Waals surface area contributed by atoms with Gasteiger partial charge in [-0.15, -0.1) is 0 Å². The normalized spacial score (nSPS) is 10.5. The maximum absolute atomic E-state index is 13.2. The number of aromatic nitrogens is 2. The van der Waals surface area contributed by atoms with Crippen LogP contribution in [-0.2, 0) is 6.42 Å². The Balaban J connectivity index is 2.30. The van der Waals surface area contributed by atoms with Crippen molar-refractivity contribution in [1.82, 2.24) is 9.97 Å². The smallest absolute Gasteiger partial charge is 0.139 e. The molecule has 21 heavy (non-hydrogen) atoms. The molecule has 0 unspecified atom stereocenters. The molecule has 0 saturated carbocycles. The van der Waals surface area contributed by atoms with Crippen LogP contribution < -0.4 is 10.6 Å². The Morgan fingerprint density at radius 2 is 1.95 bits per heavy atom. The predicted molar refractivity (Wildman–Crippen MR) is 92.6 cm³/mol. The summed E-state index contributed by atoms with van der Waals surface area (Å²) in [6, 6.07) is 4.65. The number of nitrogens with one attached hydrogen (secondary N) is 2. The van der Waals surface area contributed by atoms with E-state index in [1.807, 2.05) is 0 Å². The quantitative estimate of drug-likeness (QED) is 0.709. The SMILES string of the molecule is CCCNc1ncnc(Nc2ccc(F)cc2I)c1CC. The number of anilines is 3. The first-order valence-corrected chi connectivity index (χ1v) is 8.03. The molecule has 0 amide bonds. The van der Waals surface area contributed by atoms with Crippen LogP contribution in [0.3, 0.4) is 0 Å². The molecule has 0 bridgehead atoms. The Labute approximate surface area is 137 Å². The minimum absolute atomic E-state index is 0.242. The molecule has 2 rings (SSSR count). The van der Waals surface area contributed by atoms with Crippen LogP contribution in [-0.4, -0.2) is 16.5 Å². The fourth-order valence-corrected chi connectivity index (χ4v) is 2.58. The molecule has 0 atom stereocenters. The second kappa shape index (κ2) is 7.53. The summed E-state index contributed by atoms with van der Waals surface area (Å²) in [7, 11) is 0. The van der Waals surface area contributed by atoms with Gasteiger partial charge in [0, 0.05) is 15.7 Å². The summed E-state index contributed by atoms with van der Waals surface area (Å²) in [4.78, 5) is 8.62. The predicted octanol–water partition coefficient (Wildman–Crippen LogP) is 4.35. The van der Waals surface area contributed by atoms with Crippen molar-refractivity contribution in [3.05, 3.63) is 39.5 Å². The van der Waals surface area contributed by atoms with Crippen molar-refractivity contribution >= 4 is 39.9 Å². The van der Waals surface area contributed by atoms with E-state index in [4.69, 9.17) is 0 Å². The largest absolute Gasteiger partial charge is 0.370 e. The second-order valence-corrected chi connectivity index (χ2v) is 5.74. The van der Waals surface area contributed by atoms with Crippen LogP contribution in [0.25, 0.3) is 0 Å². The van der Waals surface area contributed by atoms with Crippen molar-refractivity contribution in [3.8, 4) is 0 Å². The van der Waals surface area contributed by atoms with Gasteiger partial charge in [0.1, 0.15) is 23.8 Å². The number of hydrogen-bond donors (Lipinski definition) is 2. The summed E-state index contributed by atoms with van der Waals surface area (Å²) in [6.07, 6.45) is 3.38. The minimum Gasteiger partial charge on any atom is -0.370 e. The van der Waals surface area contributed by atoms with E-state index >= 15 is 0 Å². The van der Waals surface area contributed by atoms with Gasteiger partial charge < -0.3 is 10.6 Å². The summed E-state index contributed by atoms with van der Waals surface area (Å²) in [5.74, 6) is 1.37. The lowest BCUT2D eigenvalue weighted by molar-refractivity contribution is 0.627. The third-order valence-electron chi connectivity index (χ3n) is 3.03. The molecule has 0 aliphatic heterocycles. The van der Waals surface area contributed by atoms with E-state index in [1.54, 1.807) is 6.07 Å². The zero-order valence-corrected chi connectivity index (χ0v) is 14.2. The van der Waals surface area contributed by atoms with Gasteiger partial charge in [0.2, 0.25) is 0 Å². The topological polar surface area (TPSA) is 49.8 Å². The van der Waals surface area contributed by atoms with Gasteiger partial charge >= 0.3 is 0 Å². The van der Waals surface area contributed by atoms with E-state index in [2.05, 4.69) is 57.0 Å². The summed E-state index contributed by atoms with van der Waals surface area (Å²) < 4.78 is 14.0. The lowest BCUT2D eigenvalue weighted by atomic mass is 10.2. The number of halogens is 2. The van der Waals surface area contributed by atoms with Crippen LogP contribution >= 0.6 is 22.6 Å². The zero-order valence-electron chi connectivity index (χ0n) is 12.1. The molecule has 0 spiro atoms. The third kappa shape index (κ3) is 4.03. The molecular formula is C15H18FIN4. The van der Waals surface area contributed by atoms with Crippen molar-refractivity contribution in [2.45, 2.75) is 26.7 Å². The maximum Gasteiger partial charge on any atom is 0.139 e. The molecule has 0 radical (unpaired) electrons. The lowest BCUT2D eigenvalue weighted by Gasteiger charge is -2.15. The molecule has 112 valence electrons. The van der Waals surface area contributed by atoms with E-state index in [0.29, 0.717) is 0 Å². The summed E-state index contributed by atoms with van der Waals surface area (Å²) in [6.45, 7) is 5.05. The Morgan fingerprint density at radius 1 is 1.19 bits per heavy atom. The molecule has 2 N–H and O–H groups in total. The number of nitrogens with zero attached hydrogens (tertiary/aromatic N) is 2. The molecule has 2 aromatic rings. The first-order chi connectivity index (χ1) is 10.2. The average Bonchev–Trinajstić information content (AvgIpc) is 2.48. The Bertz CT molecular complexity index is 619. The highest BCUT2D eigenvalue weighted by atomic mass is 127. The fourth-order valence-electron chi connectivity index (χ4n) is 1.97. The number of hydrogen-bond acceptors (Lipinski definition) is 4. The van der Waals surface area contributed by atoms with Gasteiger partial charge in [0.25, 0.3) is 0 Å². The van der Waals surface area contributed by atoms with Gasteiger partial charge in [-0.3, -0.25) is 0 Å². The van der Waals surface area contributed by atoms with Crippen molar-refractivity contribution in [1.29, 1.82) is 0 Å². The zero-order chi connectivity index (χ0) is 15.2. The average molecular weight is 400 g/mol. The maximum atomic E-state index is 13.2. The molecule has 1 aromatic carbocycles. The fraction of sp³-hybridized carbons (Fsp3) is 0.333. The van der Waals surface area contributed by atoms with Gasteiger partial charge in [-0.2, -0.15) is 0 Å². The minimum atomic E-state index is -0.242. The summed E-state index contributed by atoms with van der Waals surface area (Å²) in [5.41, 5.74) is 1.87. The first kappa shape index (κ1) is 15.9. The Kier molecular flexibility index (Phi) is 5.72. The first-order valence-electron chi connectivity index (χ1n) is 6.95. The van der Waals surface area contributed by atoms with Crippen molar-refractivity contribution < 1.29 is 4.39 Å². The molecule has 1 heterocycles. The van der Waals surface area contributed by atoms with Crippen molar-refractivity contribution in [2.24, 2.45) is 0 Å². The Morgan fingerprint density at radius 3 is 2.62 bits per heavy atom. The van der Waals surface area contributed by atoms with Crippen LogP contribution in [0.1, 0.15) is 25.8 Å². The second-order valence-electron chi connectivity index (χ2n) is 4.58. The molecule has 0 aliphatic rings. The molecule has 0 aliphatic carbocycles. The van der Waals surface area contributed by atoms with Gasteiger partial charge in [-0.25, -0.2) is 14.4 Å². The molecule has 1 aromatic heterocycles. The highest BCUT2D eigenvalue weighted by Crippen LogP contribution is 2.27. The van der Waals surface area contributed by atoms with E-state index in [0.717, 1.165) is 45.8 Å². The van der Waals surface area contributed by atoms with Crippen LogP contribution in [0.15, 0.2) is 24.5 Å². The van der Waals surface area contributed by atoms with Crippen LogP contribution in [0.4, 0.5) is 21.7 Å². The van der Waals surface area contributed by atoms with E-state index in [-0.39, 0.29) is 5.82 Å². The van der Waals surface area contributed by atoms with Gasteiger partial charge in [-0.1, -0.05) is 13.8 Å². The van der Waals surface area contributed by atoms with Gasteiger partial charge in [0.05, 0.1) is 5.69 Å². The van der Waals surface area contributed by atoms with Gasteiger partial charge in [-0.05, 0) is 53.6 Å². The third-order valence-corrected chi connectivity index (χ3v) is 3.92. The van der Waals surface area contributed by atoms with Crippen LogP contribution in [0.2, 0.25) is 0 Å². The highest BCUT2D eigenvalue weighted by molar-refractivity contribution is 14.1. The van der Waals surface area contributed by atoms with E-state index in [9.17, 15) is 4.39 Å². The monoisotopic (exact) mass is 400 g/mol. The molecule has 4 nitrogen and oxygen atoms in total. The van der Waals surface area contributed by atoms with E-state index < -0.39 is 0 Å². The number of benzene rings is 1. The van der Waals surface area contributed by atoms with Crippen LogP contribution in [0, 0.1) is 9.39 Å². The Hall–Kier alpha value is -1.44. The molecule has 0 saturated heterocycles. The van der Waals surface area contributed by atoms with Crippen molar-refractivity contribution in [3.63, 3.8) is 0 Å². The molecule has 0 fully saturated rings. The van der Waals surface area contributed by atoms with Gasteiger partial charge in [0.15, 0.2) is 0 Å².